The van der Waals surface area contributed by atoms with Gasteiger partial charge in [0.15, 0.2) is 2.82 Å². The molecule has 112 valence electrons. The van der Waals surface area contributed by atoms with Crippen molar-refractivity contribution >= 4 is 17.0 Å². The molecule has 2 N–H and O–H groups in total. The average Bonchev–Trinajstić information content (AvgIpc) is 3.15. The van der Waals surface area contributed by atoms with E-state index in [4.69, 9.17) is 19.3 Å². The van der Waals surface area contributed by atoms with Crippen LogP contribution < -0.4 is 5.31 Å². The molecule has 0 radical (unpaired) electrons. The van der Waals surface area contributed by atoms with Gasteiger partial charge in [-0.3, -0.25) is 0 Å². The molecule has 0 saturated carbocycles. The number of hydrogen-bond donors (Lipinski definition) is 2. The summed E-state index contributed by atoms with van der Waals surface area (Å²) in [6, 6.07) is -5.51. The summed E-state index contributed by atoms with van der Waals surface area (Å²) in [7, 11) is 1.10. The number of aromatic nitrogens is 1. The number of nitrogens with one attached hydrogen (secondary N) is 2. The summed E-state index contributed by atoms with van der Waals surface area (Å²) in [5, 5.41) is -0.685. The molecule has 0 bridgehead atoms. The molecule has 1 aliphatic heterocycles. The third-order valence-electron chi connectivity index (χ3n) is 2.64. The fourth-order valence-corrected chi connectivity index (χ4v) is 1.73. The number of alkyl carbamates (subject to hydrolysis) is 1. The van der Waals surface area contributed by atoms with Crippen molar-refractivity contribution in [3.8, 4) is 0 Å². The van der Waals surface area contributed by atoms with Gasteiger partial charge in [-0.05, 0) is 50.0 Å². The van der Waals surface area contributed by atoms with Gasteiger partial charge < -0.3 is 19.9 Å². The number of aromatic amines is 1. The molecular weight excluding hydrogens is 266 g/mol. The van der Waals surface area contributed by atoms with Crippen molar-refractivity contribution < 1.29 is 28.8 Å². The Kier molecular flexibility index (Phi) is 1.38. The van der Waals surface area contributed by atoms with Crippen LogP contribution in [0.1, 0.15) is 27.6 Å². The molecule has 1 fully saturated rings. The predicted octanol–water partition coefficient (Wildman–Crippen LogP) is 1.92. The van der Waals surface area contributed by atoms with E-state index in [0.717, 1.165) is 7.05 Å². The van der Waals surface area contributed by atoms with E-state index in [-0.39, 0.29) is 5.31 Å². The van der Waals surface area contributed by atoms with Gasteiger partial charge in [-0.2, -0.15) is 0 Å². The average molecular weight is 301 g/mol. The molecule has 3 rings (SSSR count). The molecular formula is C16H21N3O2. The molecule has 21 heavy (non-hydrogen) atoms. The highest BCUT2D eigenvalue weighted by Crippen LogP contribution is 2.21. The first-order chi connectivity index (χ1) is 15.7. The maximum Gasteiger partial charge on any atom is 0.407 e. The van der Waals surface area contributed by atoms with E-state index >= 15 is 0 Å². The van der Waals surface area contributed by atoms with Gasteiger partial charge in [0.1, 0.15) is 6.61 Å². The minimum Gasteiger partial charge on any atom is -0.447 e. The fraction of sp³-hybridized carbons (Fsp3) is 0.438. The monoisotopic (exact) mass is 301 g/mol. The Morgan fingerprint density at radius 1 is 1.71 bits per heavy atom. The Balaban J connectivity index is 2.38. The molecule has 0 unspecified atom stereocenters. The summed E-state index contributed by atoms with van der Waals surface area (Å²) in [5.74, 6) is 0. The van der Waals surface area contributed by atoms with E-state index in [9.17, 15) is 4.79 Å². The maximum absolute atomic E-state index is 11.7. The van der Waals surface area contributed by atoms with Crippen LogP contribution in [0.25, 0.3) is 10.9 Å². The van der Waals surface area contributed by atoms with E-state index in [1.165, 1.54) is 0 Å². The van der Waals surface area contributed by atoms with Crippen molar-refractivity contribution in [2.45, 2.75) is 18.8 Å². The van der Waals surface area contributed by atoms with E-state index in [2.05, 4.69) is 4.74 Å². The third kappa shape index (κ3) is 3.19. The highest BCUT2D eigenvalue weighted by Gasteiger charge is 2.22. The van der Waals surface area contributed by atoms with Gasteiger partial charge in [0.05, 0.1) is 12.9 Å². The number of hydrogen-bond acceptors (Lipinski definition) is 3. The lowest BCUT2D eigenvalue weighted by atomic mass is 10.0. The Hall–Kier alpha value is -2.01. The molecule has 1 amide bonds. The number of carbonyl (C=O) groups is 1. The zero-order chi connectivity index (χ0) is 27.0. The number of rotatable bonds is 5. The van der Waals surface area contributed by atoms with Crippen molar-refractivity contribution in [1.29, 1.82) is 0 Å². The maximum atomic E-state index is 11.7. The van der Waals surface area contributed by atoms with Crippen LogP contribution in [0, 0.1) is 0 Å². The van der Waals surface area contributed by atoms with Gasteiger partial charge in [0.2, 0.25) is 0 Å². The Bertz CT molecular complexity index is 1210. The molecule has 0 spiro atoms. The summed E-state index contributed by atoms with van der Waals surface area (Å²) in [5.41, 5.74) is -2.16. The predicted molar refractivity (Wildman–Crippen MR) is 82.5 cm³/mol. The van der Waals surface area contributed by atoms with Crippen LogP contribution in [0.3, 0.4) is 0 Å². The number of carbonyl (C=O) groups excluding carboxylic acids is 1. The molecule has 2 heterocycles. The normalized spacial score (nSPS) is 33.8. The Morgan fingerprint density at radius 3 is 3.38 bits per heavy atom. The van der Waals surface area contributed by atoms with Gasteiger partial charge >= 0.3 is 6.09 Å². The summed E-state index contributed by atoms with van der Waals surface area (Å²) >= 11 is 0. The fourth-order valence-electron chi connectivity index (χ4n) is 1.73. The van der Waals surface area contributed by atoms with Crippen LogP contribution in [-0.4, -0.2) is 49.2 Å². The number of fused-ring (bicyclic) bond motifs is 1. The summed E-state index contributed by atoms with van der Waals surface area (Å²) in [4.78, 5) is 12.6. The van der Waals surface area contributed by atoms with Crippen LogP contribution in [0.5, 0.6) is 0 Å². The highest BCUT2D eigenvalue weighted by molar-refractivity contribution is 5.84. The molecule has 1 aliphatic rings. The third-order valence-corrected chi connectivity index (χ3v) is 2.64. The van der Waals surface area contributed by atoms with E-state index in [1.807, 2.05) is 0 Å². The first kappa shape index (κ1) is 5.02. The molecule has 0 aliphatic carbocycles. The zero-order valence-electron chi connectivity index (χ0n) is 25.1. The van der Waals surface area contributed by atoms with Crippen molar-refractivity contribution in [1.82, 2.24) is 15.2 Å². The van der Waals surface area contributed by atoms with Crippen molar-refractivity contribution in [2.24, 2.45) is 0 Å². The van der Waals surface area contributed by atoms with Crippen LogP contribution >= 0.6 is 0 Å². The van der Waals surface area contributed by atoms with Crippen LogP contribution in [0.15, 0.2) is 24.3 Å². The number of H-pyrrole nitrogens is 1. The summed E-state index contributed by atoms with van der Waals surface area (Å²) in [6.07, 6.45) is -8.03. The lowest BCUT2D eigenvalue weighted by Crippen LogP contribution is -2.28. The van der Waals surface area contributed by atoms with Crippen LogP contribution in [0.4, 0.5) is 4.79 Å². The smallest absolute Gasteiger partial charge is 0.407 e. The SMILES string of the molecule is [2H]c1c(C([2H])([2H])[C@@]2([2H])COC(=O)N2[2H])c([2H])c2c(C([2H])([2H])CN(C)C([2H])([2H])[2H])c([2H])n([2H])c2c1[2H]. The largest absolute Gasteiger partial charge is 0.447 e. The zero-order valence-corrected chi connectivity index (χ0v) is 11.1. The van der Waals surface area contributed by atoms with Crippen molar-refractivity contribution in [2.75, 3.05) is 27.2 Å². The van der Waals surface area contributed by atoms with Gasteiger partial charge in [-0.1, -0.05) is 6.04 Å². The summed E-state index contributed by atoms with van der Waals surface area (Å²) < 4.78 is 119. The number of benzene rings is 1. The van der Waals surface area contributed by atoms with Gasteiger partial charge in [-0.25, -0.2) is 4.79 Å². The second kappa shape index (κ2) is 5.77. The lowest BCUT2D eigenvalue weighted by Gasteiger charge is -2.09. The van der Waals surface area contributed by atoms with E-state index < -0.39 is 91.3 Å². The molecule has 1 atom stereocenters. The minimum atomic E-state index is -3.16. The molecule has 2 aromatic rings. The quantitative estimate of drug-likeness (QED) is 0.887. The van der Waals surface area contributed by atoms with Crippen LogP contribution in [-0.2, 0) is 17.5 Å². The van der Waals surface area contributed by atoms with Crippen molar-refractivity contribution in [3.05, 3.63) is 35.4 Å². The van der Waals surface area contributed by atoms with Crippen molar-refractivity contribution in [3.63, 3.8) is 0 Å². The number of likely N-dealkylation sites (N-methyl/N-ethyl adjacent to an activating group) is 1. The second-order valence-corrected chi connectivity index (χ2v) is 4.34. The number of amides is 1. The molecule has 5 heteroatoms. The topological polar surface area (TPSA) is 57.4 Å². The number of nitrogens with zero attached hydrogens (tertiary/aromatic N) is 1. The minimum absolute atomic E-state index is 0.100. The Labute approximate surface area is 144 Å². The van der Waals surface area contributed by atoms with E-state index in [0.29, 0.717) is 9.88 Å². The molecule has 1 aromatic heterocycles. The van der Waals surface area contributed by atoms with Crippen LogP contribution in [0.2, 0.25) is 2.82 Å². The first-order valence-corrected chi connectivity index (χ1v) is 6.04. The molecule has 1 aromatic carbocycles. The lowest BCUT2D eigenvalue weighted by molar-refractivity contribution is 0.177. The Morgan fingerprint density at radius 2 is 2.62 bits per heavy atom. The molecule has 1 saturated heterocycles. The van der Waals surface area contributed by atoms with E-state index in [1.54, 1.807) is 0 Å². The van der Waals surface area contributed by atoms with Gasteiger partial charge in [0, 0.05) is 33.2 Å². The summed E-state index contributed by atoms with van der Waals surface area (Å²) in [6.45, 7) is -4.48. The van der Waals surface area contributed by atoms with Gasteiger partial charge in [-0.15, -0.1) is 0 Å². The molecule has 5 nitrogen and oxygen atoms in total. The first-order valence-electron chi connectivity index (χ1n) is 12.9. The number of ether oxygens (including phenoxy) is 1. The second-order valence-electron chi connectivity index (χ2n) is 4.34. The standard InChI is InChI=1S/C16H21N3O2/c1-19(2)6-5-12-9-17-15-4-3-11(8-14(12)15)7-13-10-21-16(20)18-13/h3-4,8-9,13,17H,5-7,10H2,1-2H3,(H,18,20)/t13-/m0/s1/i1D3,3D,4D,5D2,7D2,8D,9D,13D/hD2. The van der Waals surface area contributed by atoms with Gasteiger partial charge in [0.25, 0.3) is 0 Å². The highest BCUT2D eigenvalue weighted by atomic mass is 16.6. The number of cyclic esters (lactones) is 1.